The largest absolute Gasteiger partial charge is 0.343 e. The van der Waals surface area contributed by atoms with Crippen LogP contribution < -0.4 is 5.32 Å². The van der Waals surface area contributed by atoms with Gasteiger partial charge in [-0.3, -0.25) is 14.5 Å². The number of H-pyrrole nitrogens is 1. The molecule has 0 aliphatic rings. The maximum Gasteiger partial charge on any atom is 0.240 e. The van der Waals surface area contributed by atoms with Crippen LogP contribution in [0.25, 0.3) is 11.4 Å². The van der Waals surface area contributed by atoms with Crippen molar-refractivity contribution in [1.82, 2.24) is 20.1 Å². The number of amides is 1. The van der Waals surface area contributed by atoms with Gasteiger partial charge in [0.2, 0.25) is 5.91 Å². The monoisotopic (exact) mass is 468 g/mol. The normalized spacial score (nSPS) is 11.9. The van der Waals surface area contributed by atoms with Crippen molar-refractivity contribution >= 4 is 41.1 Å². The molecule has 0 saturated heterocycles. The van der Waals surface area contributed by atoms with Crippen LogP contribution in [0.15, 0.2) is 66.0 Å². The minimum atomic E-state index is -0.224. The predicted octanol–water partition coefficient (Wildman–Crippen LogP) is 5.79. The molecule has 4 rings (SSSR count). The lowest BCUT2D eigenvalue weighted by atomic mass is 10.0. The maximum absolute atomic E-state index is 13.1. The summed E-state index contributed by atoms with van der Waals surface area (Å²) in [7, 11) is 0. The van der Waals surface area contributed by atoms with Gasteiger partial charge in [0, 0.05) is 15.5 Å². The molecule has 1 atom stereocenters. The van der Waals surface area contributed by atoms with Gasteiger partial charge < -0.3 is 5.32 Å². The smallest absolute Gasteiger partial charge is 0.240 e. The molecule has 8 heteroatoms. The molecule has 2 N–H and O–H groups in total. The van der Waals surface area contributed by atoms with Gasteiger partial charge in [-0.1, -0.05) is 48.9 Å². The van der Waals surface area contributed by atoms with E-state index in [9.17, 15) is 4.79 Å². The first-order valence-corrected chi connectivity index (χ1v) is 11.5. The Kier molecular flexibility index (Phi) is 6.65. The zero-order chi connectivity index (χ0) is 21.8. The van der Waals surface area contributed by atoms with Crippen molar-refractivity contribution in [3.05, 3.63) is 91.8 Å². The Hall–Kier alpha value is -2.74. The number of nitrogens with zero attached hydrogens (tertiary/aromatic N) is 2. The molecule has 31 heavy (non-hydrogen) atoms. The van der Waals surface area contributed by atoms with Crippen LogP contribution in [-0.2, 0) is 17.8 Å². The first-order valence-electron chi connectivity index (χ1n) is 9.88. The molecule has 0 aliphatic heterocycles. The third kappa shape index (κ3) is 4.95. The lowest BCUT2D eigenvalue weighted by Gasteiger charge is -2.19. The number of hydrogen-bond acceptors (Lipinski definition) is 4. The fraction of sp³-hybridized carbons (Fsp3) is 0.174. The van der Waals surface area contributed by atoms with Crippen LogP contribution in [0.3, 0.4) is 0 Å². The van der Waals surface area contributed by atoms with Crippen molar-refractivity contribution in [2.24, 2.45) is 0 Å². The summed E-state index contributed by atoms with van der Waals surface area (Å²) in [6.45, 7) is 2.18. The highest BCUT2D eigenvalue weighted by Gasteiger charge is 2.20. The number of carbonyl (C=O) groups is 1. The van der Waals surface area contributed by atoms with Gasteiger partial charge in [0.05, 0.1) is 6.04 Å². The Bertz CT molecular complexity index is 1210. The third-order valence-electron chi connectivity index (χ3n) is 5.02. The van der Waals surface area contributed by atoms with E-state index in [1.54, 1.807) is 28.0 Å². The van der Waals surface area contributed by atoms with E-state index >= 15 is 0 Å². The number of aromatic nitrogens is 3. The van der Waals surface area contributed by atoms with E-state index in [0.717, 1.165) is 22.4 Å². The predicted molar refractivity (Wildman–Crippen MR) is 128 cm³/mol. The van der Waals surface area contributed by atoms with Gasteiger partial charge in [0.15, 0.2) is 10.6 Å². The quantitative estimate of drug-likeness (QED) is 0.337. The molecule has 4 aromatic rings. The van der Waals surface area contributed by atoms with E-state index < -0.39 is 0 Å². The van der Waals surface area contributed by atoms with Gasteiger partial charge >= 0.3 is 0 Å². The topological polar surface area (TPSA) is 62.7 Å². The van der Waals surface area contributed by atoms with E-state index in [0.29, 0.717) is 15.6 Å². The zero-order valence-corrected chi connectivity index (χ0v) is 19.2. The number of rotatable bonds is 7. The van der Waals surface area contributed by atoms with Gasteiger partial charge in [-0.25, -0.2) is 0 Å². The fourth-order valence-corrected chi connectivity index (χ4v) is 4.48. The van der Waals surface area contributed by atoms with E-state index in [2.05, 4.69) is 46.7 Å². The summed E-state index contributed by atoms with van der Waals surface area (Å²) < 4.78 is 2.08. The summed E-state index contributed by atoms with van der Waals surface area (Å²) in [6.07, 6.45) is 0.975. The molecule has 0 saturated carbocycles. The Labute approximate surface area is 194 Å². The molecule has 0 radical (unpaired) electrons. The van der Waals surface area contributed by atoms with Crippen LogP contribution in [0.5, 0.6) is 0 Å². The van der Waals surface area contributed by atoms with Crippen LogP contribution in [0, 0.1) is 4.77 Å². The number of aromatic amines is 1. The molecule has 1 unspecified atom stereocenters. The first kappa shape index (κ1) is 21.5. The third-order valence-corrected chi connectivity index (χ3v) is 6.52. The zero-order valence-electron chi connectivity index (χ0n) is 16.8. The van der Waals surface area contributed by atoms with Gasteiger partial charge in [-0.05, 0) is 65.5 Å². The molecule has 2 aromatic heterocycles. The standard InChI is InChI=1S/C23H21ClN4OS2/c1-2-15-5-7-16(8-6-15)21(19-4-3-13-31-19)25-20(29)14-28-22(26-27-23(28)30)17-9-11-18(24)12-10-17/h3-13,21H,2,14H2,1H3,(H,25,29)(H,27,30). The molecule has 5 nitrogen and oxygen atoms in total. The Balaban J connectivity index is 1.58. The summed E-state index contributed by atoms with van der Waals surface area (Å²) in [4.78, 5) is 14.1. The summed E-state index contributed by atoms with van der Waals surface area (Å²) >= 11 is 13.0. The SMILES string of the molecule is CCc1ccc(C(NC(=O)Cn2c(-c3ccc(Cl)cc3)n[nH]c2=S)c2cccs2)cc1. The lowest BCUT2D eigenvalue weighted by molar-refractivity contribution is -0.122. The van der Waals surface area contributed by atoms with Crippen molar-refractivity contribution in [1.29, 1.82) is 0 Å². The van der Waals surface area contributed by atoms with Crippen LogP contribution in [0.2, 0.25) is 5.02 Å². The van der Waals surface area contributed by atoms with E-state index in [1.165, 1.54) is 5.56 Å². The van der Waals surface area contributed by atoms with Crippen molar-refractivity contribution < 1.29 is 4.79 Å². The molecule has 2 heterocycles. The van der Waals surface area contributed by atoms with Gasteiger partial charge in [0.1, 0.15) is 6.54 Å². The summed E-state index contributed by atoms with van der Waals surface area (Å²) in [6, 6.07) is 19.4. The van der Waals surface area contributed by atoms with Crippen LogP contribution in [0.1, 0.15) is 29.0 Å². The first-order chi connectivity index (χ1) is 15.0. The fourth-order valence-electron chi connectivity index (χ4n) is 3.35. The summed E-state index contributed by atoms with van der Waals surface area (Å²) in [5.74, 6) is 0.447. The lowest BCUT2D eigenvalue weighted by Crippen LogP contribution is -2.32. The Morgan fingerprint density at radius 3 is 2.58 bits per heavy atom. The maximum atomic E-state index is 13.1. The highest BCUT2D eigenvalue weighted by molar-refractivity contribution is 7.71. The minimum absolute atomic E-state index is 0.0577. The Morgan fingerprint density at radius 2 is 1.94 bits per heavy atom. The van der Waals surface area contributed by atoms with Gasteiger partial charge in [-0.15, -0.1) is 11.3 Å². The number of thiophene rings is 1. The van der Waals surface area contributed by atoms with Crippen molar-refractivity contribution in [3.63, 3.8) is 0 Å². The molecule has 1 amide bonds. The molecule has 0 bridgehead atoms. The van der Waals surface area contributed by atoms with E-state index in [4.69, 9.17) is 23.8 Å². The van der Waals surface area contributed by atoms with Gasteiger partial charge in [0.25, 0.3) is 0 Å². The number of halogens is 1. The Morgan fingerprint density at radius 1 is 1.19 bits per heavy atom. The summed E-state index contributed by atoms with van der Waals surface area (Å²) in [5, 5.41) is 12.9. The molecule has 0 fully saturated rings. The molecule has 158 valence electrons. The average molecular weight is 469 g/mol. The number of carbonyl (C=O) groups excluding carboxylic acids is 1. The van der Waals surface area contributed by atoms with Crippen LogP contribution in [0.4, 0.5) is 0 Å². The second kappa shape index (κ2) is 9.60. The molecule has 0 aliphatic carbocycles. The molecule has 0 spiro atoms. The number of benzene rings is 2. The molecular weight excluding hydrogens is 448 g/mol. The minimum Gasteiger partial charge on any atom is -0.343 e. The van der Waals surface area contributed by atoms with Crippen molar-refractivity contribution in [3.8, 4) is 11.4 Å². The number of aryl methyl sites for hydroxylation is 1. The van der Waals surface area contributed by atoms with E-state index in [1.807, 2.05) is 29.6 Å². The van der Waals surface area contributed by atoms with E-state index in [-0.39, 0.29) is 18.5 Å². The second-order valence-corrected chi connectivity index (χ2v) is 8.86. The number of hydrogen-bond donors (Lipinski definition) is 2. The highest BCUT2D eigenvalue weighted by Crippen LogP contribution is 2.27. The second-order valence-electron chi connectivity index (χ2n) is 7.06. The molecule has 2 aromatic carbocycles. The van der Waals surface area contributed by atoms with Crippen LogP contribution in [-0.4, -0.2) is 20.7 Å². The molecular formula is C23H21ClN4OS2. The van der Waals surface area contributed by atoms with Gasteiger partial charge in [-0.2, -0.15) is 5.10 Å². The average Bonchev–Trinajstić information content (AvgIpc) is 3.44. The number of nitrogens with one attached hydrogen (secondary N) is 2. The van der Waals surface area contributed by atoms with Crippen LogP contribution >= 0.6 is 35.2 Å². The van der Waals surface area contributed by atoms with Crippen molar-refractivity contribution in [2.75, 3.05) is 0 Å². The summed E-state index contributed by atoms with van der Waals surface area (Å²) in [5.41, 5.74) is 3.13. The highest BCUT2D eigenvalue weighted by atomic mass is 35.5. The van der Waals surface area contributed by atoms with Crippen molar-refractivity contribution in [2.45, 2.75) is 25.9 Å².